The average molecular weight is 312 g/mol. The van der Waals surface area contributed by atoms with Gasteiger partial charge in [-0.25, -0.2) is 0 Å². The Morgan fingerprint density at radius 3 is 2.48 bits per heavy atom. The third-order valence-electron chi connectivity index (χ3n) is 2.98. The highest BCUT2D eigenvalue weighted by Crippen LogP contribution is 2.31. The van der Waals surface area contributed by atoms with Crippen molar-refractivity contribution in [3.63, 3.8) is 0 Å². The summed E-state index contributed by atoms with van der Waals surface area (Å²) in [6.07, 6.45) is -4.71. The van der Waals surface area contributed by atoms with Crippen molar-refractivity contribution in [2.75, 3.05) is 0 Å². The maximum atomic E-state index is 12.2. The first-order chi connectivity index (χ1) is 9.92. The number of aromatic nitrogens is 1. The summed E-state index contributed by atoms with van der Waals surface area (Å²) in [4.78, 5) is 3.10. The molecule has 1 heterocycles. The number of fused-ring (bicyclic) bond motifs is 1. The zero-order valence-electron chi connectivity index (χ0n) is 10.5. The van der Waals surface area contributed by atoms with Gasteiger partial charge in [0.05, 0.1) is 10.5 Å². The molecule has 108 valence electrons. The van der Waals surface area contributed by atoms with Gasteiger partial charge in [-0.15, -0.1) is 13.2 Å². The summed E-state index contributed by atoms with van der Waals surface area (Å²) in [5.41, 5.74) is 2.01. The number of halogens is 4. The van der Waals surface area contributed by atoms with Crippen molar-refractivity contribution < 1.29 is 17.9 Å². The molecular formula is C15H9ClF3NO. The predicted octanol–water partition coefficient (Wildman–Crippen LogP) is 5.39. The lowest BCUT2D eigenvalue weighted by Crippen LogP contribution is -2.17. The van der Waals surface area contributed by atoms with Gasteiger partial charge < -0.3 is 9.72 Å². The van der Waals surface area contributed by atoms with Crippen molar-refractivity contribution in [1.29, 1.82) is 0 Å². The Hall–Kier alpha value is -2.14. The summed E-state index contributed by atoms with van der Waals surface area (Å²) in [5.74, 6) is -0.259. The van der Waals surface area contributed by atoms with Crippen LogP contribution >= 0.6 is 11.6 Å². The van der Waals surface area contributed by atoms with E-state index in [1.165, 1.54) is 18.2 Å². The van der Waals surface area contributed by atoms with Crippen molar-refractivity contribution in [3.05, 3.63) is 53.6 Å². The number of aromatic amines is 1. The number of ether oxygens (including phenoxy) is 1. The van der Waals surface area contributed by atoms with Crippen LogP contribution in [0.4, 0.5) is 13.2 Å². The molecule has 0 aliphatic rings. The van der Waals surface area contributed by atoms with Gasteiger partial charge in [0, 0.05) is 16.6 Å². The lowest BCUT2D eigenvalue weighted by molar-refractivity contribution is -0.274. The number of para-hydroxylation sites is 1. The molecule has 6 heteroatoms. The predicted molar refractivity (Wildman–Crippen MR) is 75.4 cm³/mol. The topological polar surface area (TPSA) is 25.0 Å². The Balaban J connectivity index is 2.02. The van der Waals surface area contributed by atoms with Crippen LogP contribution in [0.15, 0.2) is 48.5 Å². The van der Waals surface area contributed by atoms with Gasteiger partial charge in [-0.3, -0.25) is 0 Å². The van der Waals surface area contributed by atoms with Crippen molar-refractivity contribution in [2.45, 2.75) is 6.36 Å². The molecule has 0 saturated heterocycles. The minimum absolute atomic E-state index is 0.259. The molecule has 0 aliphatic heterocycles. The molecule has 3 aromatic rings. The van der Waals surface area contributed by atoms with Crippen LogP contribution in [0.1, 0.15) is 0 Å². The number of hydrogen-bond donors (Lipinski definition) is 1. The molecule has 2 aromatic carbocycles. The molecule has 0 radical (unpaired) electrons. The SMILES string of the molecule is FC(F)(F)Oc1cccc(-c2cc3cccc(Cl)c3[nH]2)c1. The van der Waals surface area contributed by atoms with Gasteiger partial charge >= 0.3 is 6.36 Å². The molecule has 0 saturated carbocycles. The second-order valence-corrected chi connectivity index (χ2v) is 4.87. The van der Waals surface area contributed by atoms with E-state index in [1.807, 2.05) is 18.2 Å². The second-order valence-electron chi connectivity index (χ2n) is 4.46. The summed E-state index contributed by atoms with van der Waals surface area (Å²) < 4.78 is 40.7. The van der Waals surface area contributed by atoms with Crippen molar-refractivity contribution in [1.82, 2.24) is 4.98 Å². The summed E-state index contributed by atoms with van der Waals surface area (Å²) in [7, 11) is 0. The van der Waals surface area contributed by atoms with E-state index in [-0.39, 0.29) is 5.75 Å². The standard InChI is InChI=1S/C15H9ClF3NO/c16-12-6-2-4-10-8-13(20-14(10)12)9-3-1-5-11(7-9)21-15(17,18)19/h1-8,20H. The summed E-state index contributed by atoms with van der Waals surface area (Å²) in [5, 5.41) is 1.45. The Labute approximate surface area is 123 Å². The quantitative estimate of drug-likeness (QED) is 0.674. The fourth-order valence-corrected chi connectivity index (χ4v) is 2.36. The molecule has 3 rings (SSSR count). The molecule has 0 amide bonds. The highest BCUT2D eigenvalue weighted by Gasteiger charge is 2.31. The Morgan fingerprint density at radius 2 is 1.76 bits per heavy atom. The van der Waals surface area contributed by atoms with Crippen LogP contribution < -0.4 is 4.74 Å². The third-order valence-corrected chi connectivity index (χ3v) is 3.30. The van der Waals surface area contributed by atoms with E-state index < -0.39 is 6.36 Å². The van der Waals surface area contributed by atoms with Crippen LogP contribution in [-0.4, -0.2) is 11.3 Å². The minimum Gasteiger partial charge on any atom is -0.406 e. The largest absolute Gasteiger partial charge is 0.573 e. The normalized spacial score (nSPS) is 11.8. The summed E-state index contributed by atoms with van der Waals surface area (Å²) >= 11 is 6.07. The maximum absolute atomic E-state index is 12.2. The fourth-order valence-electron chi connectivity index (χ4n) is 2.14. The van der Waals surface area contributed by atoms with Gasteiger partial charge in [0.25, 0.3) is 0 Å². The Morgan fingerprint density at radius 1 is 1.00 bits per heavy atom. The highest BCUT2D eigenvalue weighted by molar-refractivity contribution is 6.35. The van der Waals surface area contributed by atoms with Crippen molar-refractivity contribution >= 4 is 22.5 Å². The van der Waals surface area contributed by atoms with Crippen LogP contribution in [0.2, 0.25) is 5.02 Å². The zero-order valence-corrected chi connectivity index (χ0v) is 11.3. The van der Waals surface area contributed by atoms with Crippen LogP contribution in [0.5, 0.6) is 5.75 Å². The van der Waals surface area contributed by atoms with E-state index in [0.717, 1.165) is 10.9 Å². The van der Waals surface area contributed by atoms with Gasteiger partial charge in [-0.2, -0.15) is 0 Å². The number of nitrogens with one attached hydrogen (secondary N) is 1. The highest BCUT2D eigenvalue weighted by atomic mass is 35.5. The van der Waals surface area contributed by atoms with Crippen LogP contribution in [0, 0.1) is 0 Å². The second kappa shape index (κ2) is 5.00. The number of rotatable bonds is 2. The van der Waals surface area contributed by atoms with Crippen LogP contribution in [-0.2, 0) is 0 Å². The number of hydrogen-bond acceptors (Lipinski definition) is 1. The molecule has 0 unspecified atom stereocenters. The van der Waals surface area contributed by atoms with Crippen molar-refractivity contribution in [2.24, 2.45) is 0 Å². The number of benzene rings is 2. The molecule has 0 aliphatic carbocycles. The lowest BCUT2D eigenvalue weighted by atomic mass is 10.1. The van der Waals surface area contributed by atoms with Gasteiger partial charge in [-0.05, 0) is 24.3 Å². The monoisotopic (exact) mass is 311 g/mol. The average Bonchev–Trinajstić information content (AvgIpc) is 2.82. The molecule has 1 aromatic heterocycles. The zero-order chi connectivity index (χ0) is 15.0. The van der Waals surface area contributed by atoms with E-state index in [4.69, 9.17) is 11.6 Å². The smallest absolute Gasteiger partial charge is 0.406 e. The first-order valence-electron chi connectivity index (χ1n) is 6.06. The molecule has 0 bridgehead atoms. The van der Waals surface area contributed by atoms with E-state index in [0.29, 0.717) is 16.3 Å². The van der Waals surface area contributed by atoms with Crippen LogP contribution in [0.3, 0.4) is 0 Å². The molecule has 0 fully saturated rings. The van der Waals surface area contributed by atoms with E-state index in [1.54, 1.807) is 12.1 Å². The minimum atomic E-state index is -4.71. The van der Waals surface area contributed by atoms with Crippen molar-refractivity contribution in [3.8, 4) is 17.0 Å². The molecule has 1 N–H and O–H groups in total. The van der Waals surface area contributed by atoms with Gasteiger partial charge in [0.15, 0.2) is 0 Å². The first-order valence-corrected chi connectivity index (χ1v) is 6.43. The molecular weight excluding hydrogens is 303 g/mol. The molecule has 21 heavy (non-hydrogen) atoms. The van der Waals surface area contributed by atoms with E-state index in [9.17, 15) is 13.2 Å². The summed E-state index contributed by atoms with van der Waals surface area (Å²) in [6.45, 7) is 0. The van der Waals surface area contributed by atoms with Gasteiger partial charge in [-0.1, -0.05) is 35.9 Å². The van der Waals surface area contributed by atoms with E-state index in [2.05, 4.69) is 9.72 Å². The number of alkyl halides is 3. The lowest BCUT2D eigenvalue weighted by Gasteiger charge is -2.09. The number of H-pyrrole nitrogens is 1. The van der Waals surface area contributed by atoms with Crippen LogP contribution in [0.25, 0.3) is 22.2 Å². The van der Waals surface area contributed by atoms with E-state index >= 15 is 0 Å². The van der Waals surface area contributed by atoms with Gasteiger partial charge in [0.1, 0.15) is 5.75 Å². The third kappa shape index (κ3) is 2.97. The molecule has 2 nitrogen and oxygen atoms in total. The first kappa shape index (κ1) is 13.8. The molecule has 0 atom stereocenters. The summed E-state index contributed by atoms with van der Waals surface area (Å²) in [6, 6.07) is 13.0. The fraction of sp³-hybridized carbons (Fsp3) is 0.0667. The van der Waals surface area contributed by atoms with Gasteiger partial charge in [0.2, 0.25) is 0 Å². The Bertz CT molecular complexity index is 795. The Kier molecular flexibility index (Phi) is 3.29. The molecule has 0 spiro atoms. The maximum Gasteiger partial charge on any atom is 0.573 e.